The van der Waals surface area contributed by atoms with E-state index in [1.807, 2.05) is 0 Å². The summed E-state index contributed by atoms with van der Waals surface area (Å²) in [6, 6.07) is 0. The zero-order chi connectivity index (χ0) is 7.23. The number of nitrogens with zero attached hydrogens (tertiary/aromatic N) is 2. The summed E-state index contributed by atoms with van der Waals surface area (Å²) in [5.41, 5.74) is 0. The summed E-state index contributed by atoms with van der Waals surface area (Å²) in [6.45, 7) is 0. The average molecular weight is 139 g/mol. The lowest BCUT2D eigenvalue weighted by Crippen LogP contribution is -1.88. The molecule has 0 aromatic carbocycles. The number of aryl methyl sites for hydroxylation is 1. The molecule has 0 amide bonds. The molecule has 0 aliphatic heterocycles. The fourth-order valence-corrected chi connectivity index (χ4v) is 0.704. The number of aldehydes is 1. The molecule has 1 aromatic heterocycles. The zero-order valence-electron chi connectivity index (χ0n) is 5.58. The van der Waals surface area contributed by atoms with Crippen LogP contribution in [0.4, 0.5) is 0 Å². The van der Waals surface area contributed by atoms with Crippen molar-refractivity contribution in [2.24, 2.45) is 0 Å². The van der Waals surface area contributed by atoms with Gasteiger partial charge in [-0.15, -0.1) is 0 Å². The number of aromatic amines is 1. The van der Waals surface area contributed by atoms with Gasteiger partial charge < -0.3 is 4.79 Å². The minimum Gasteiger partial charge on any atom is -0.303 e. The van der Waals surface area contributed by atoms with E-state index in [4.69, 9.17) is 0 Å². The molecule has 0 fully saturated rings. The minimum absolute atomic E-state index is 0.598. The summed E-state index contributed by atoms with van der Waals surface area (Å²) >= 11 is 0. The number of hydrogen-bond acceptors (Lipinski definition) is 3. The van der Waals surface area contributed by atoms with E-state index in [1.54, 1.807) is 0 Å². The third kappa shape index (κ3) is 1.97. The van der Waals surface area contributed by atoms with Crippen molar-refractivity contribution in [2.75, 3.05) is 0 Å². The Morgan fingerprint density at radius 1 is 1.70 bits per heavy atom. The van der Waals surface area contributed by atoms with Gasteiger partial charge in [-0.25, -0.2) is 4.98 Å². The molecule has 0 saturated heterocycles. The van der Waals surface area contributed by atoms with E-state index >= 15 is 0 Å². The van der Waals surface area contributed by atoms with E-state index in [0.717, 1.165) is 25.0 Å². The molecule has 1 aromatic rings. The molecular weight excluding hydrogens is 130 g/mol. The summed E-state index contributed by atoms with van der Waals surface area (Å²) in [5.74, 6) is 0.849. The third-order valence-electron chi connectivity index (χ3n) is 1.20. The van der Waals surface area contributed by atoms with Crippen molar-refractivity contribution in [3.8, 4) is 0 Å². The summed E-state index contributed by atoms with van der Waals surface area (Å²) < 4.78 is 0. The number of carbonyl (C=O) groups excluding carboxylic acids is 1. The quantitative estimate of drug-likeness (QED) is 0.483. The van der Waals surface area contributed by atoms with Gasteiger partial charge in [0.05, 0.1) is 0 Å². The highest BCUT2D eigenvalue weighted by Crippen LogP contribution is 1.94. The van der Waals surface area contributed by atoms with Gasteiger partial charge in [0.25, 0.3) is 0 Å². The maximum Gasteiger partial charge on any atom is 0.137 e. The second-order valence-corrected chi connectivity index (χ2v) is 1.99. The van der Waals surface area contributed by atoms with Gasteiger partial charge in [0.15, 0.2) is 0 Å². The van der Waals surface area contributed by atoms with Crippen LogP contribution in [0.2, 0.25) is 0 Å². The third-order valence-corrected chi connectivity index (χ3v) is 1.20. The Labute approximate surface area is 58.7 Å². The minimum atomic E-state index is 0.598. The van der Waals surface area contributed by atoms with Gasteiger partial charge in [-0.3, -0.25) is 5.10 Å². The molecule has 1 heterocycles. The normalized spacial score (nSPS) is 9.60. The lowest BCUT2D eigenvalue weighted by Gasteiger charge is -1.88. The fraction of sp³-hybridized carbons (Fsp3) is 0.500. The first-order chi connectivity index (χ1) is 4.93. The van der Waals surface area contributed by atoms with Crippen molar-refractivity contribution in [3.05, 3.63) is 12.2 Å². The number of hydrogen-bond donors (Lipinski definition) is 1. The predicted octanol–water partition coefficient (Wildman–Crippen LogP) is 0.326. The van der Waals surface area contributed by atoms with Crippen molar-refractivity contribution in [1.29, 1.82) is 0 Å². The van der Waals surface area contributed by atoms with E-state index < -0.39 is 0 Å². The summed E-state index contributed by atoms with van der Waals surface area (Å²) in [5, 5.41) is 6.40. The van der Waals surface area contributed by atoms with Crippen LogP contribution in [0.1, 0.15) is 18.7 Å². The standard InChI is InChI=1S/C6H9N3O/c10-4-2-1-3-6-7-5-8-9-6/h4-5H,1-3H2,(H,7,8,9). The topological polar surface area (TPSA) is 58.6 Å². The number of aromatic nitrogens is 3. The monoisotopic (exact) mass is 139 g/mol. The van der Waals surface area contributed by atoms with E-state index in [2.05, 4.69) is 15.2 Å². The largest absolute Gasteiger partial charge is 0.303 e. The first kappa shape index (κ1) is 6.92. The van der Waals surface area contributed by atoms with E-state index in [0.29, 0.717) is 6.42 Å². The van der Waals surface area contributed by atoms with Crippen molar-refractivity contribution in [3.63, 3.8) is 0 Å². The second-order valence-electron chi connectivity index (χ2n) is 1.99. The highest BCUT2D eigenvalue weighted by atomic mass is 16.1. The summed E-state index contributed by atoms with van der Waals surface area (Å²) in [7, 11) is 0. The molecule has 0 bridgehead atoms. The van der Waals surface area contributed by atoms with Gasteiger partial charge in [-0.05, 0) is 6.42 Å². The lowest BCUT2D eigenvalue weighted by atomic mass is 10.2. The molecule has 0 aliphatic rings. The molecule has 0 unspecified atom stereocenters. The van der Waals surface area contributed by atoms with Crippen LogP contribution in [0.3, 0.4) is 0 Å². The number of nitrogens with one attached hydrogen (secondary N) is 1. The first-order valence-corrected chi connectivity index (χ1v) is 3.21. The smallest absolute Gasteiger partial charge is 0.137 e. The summed E-state index contributed by atoms with van der Waals surface area (Å²) in [4.78, 5) is 13.8. The van der Waals surface area contributed by atoms with Crippen LogP contribution in [0.25, 0.3) is 0 Å². The number of rotatable bonds is 4. The lowest BCUT2D eigenvalue weighted by molar-refractivity contribution is -0.107. The fourth-order valence-electron chi connectivity index (χ4n) is 0.704. The SMILES string of the molecule is O=CCCCc1ncn[nH]1. The van der Waals surface area contributed by atoms with Crippen molar-refractivity contribution in [2.45, 2.75) is 19.3 Å². The molecule has 10 heavy (non-hydrogen) atoms. The molecule has 1 rings (SSSR count). The highest BCUT2D eigenvalue weighted by Gasteiger charge is 1.92. The Kier molecular flexibility index (Phi) is 2.61. The molecule has 54 valence electrons. The van der Waals surface area contributed by atoms with Gasteiger partial charge in [-0.2, -0.15) is 5.10 Å². The average Bonchev–Trinajstić information content (AvgIpc) is 2.41. The van der Waals surface area contributed by atoms with Crippen LogP contribution < -0.4 is 0 Å². The van der Waals surface area contributed by atoms with Crippen molar-refractivity contribution >= 4 is 6.29 Å². The Morgan fingerprint density at radius 3 is 3.20 bits per heavy atom. The van der Waals surface area contributed by atoms with Gasteiger partial charge in [0, 0.05) is 12.8 Å². The molecule has 1 N–H and O–H groups in total. The molecule has 0 spiro atoms. The van der Waals surface area contributed by atoms with Crippen LogP contribution in [0, 0.1) is 0 Å². The predicted molar refractivity (Wildman–Crippen MR) is 35.4 cm³/mol. The van der Waals surface area contributed by atoms with Crippen molar-refractivity contribution in [1.82, 2.24) is 15.2 Å². The van der Waals surface area contributed by atoms with Crippen LogP contribution in [-0.2, 0) is 11.2 Å². The van der Waals surface area contributed by atoms with Crippen LogP contribution in [0.5, 0.6) is 0 Å². The maximum atomic E-state index is 9.89. The number of carbonyl (C=O) groups is 1. The maximum absolute atomic E-state index is 9.89. The zero-order valence-corrected chi connectivity index (χ0v) is 5.58. The Bertz CT molecular complexity index is 183. The molecule has 0 atom stereocenters. The Morgan fingerprint density at radius 2 is 2.60 bits per heavy atom. The highest BCUT2D eigenvalue weighted by molar-refractivity contribution is 5.49. The van der Waals surface area contributed by atoms with Gasteiger partial charge in [-0.1, -0.05) is 0 Å². The molecule has 0 radical (unpaired) electrons. The summed E-state index contributed by atoms with van der Waals surface area (Å²) in [6.07, 6.45) is 4.63. The van der Waals surface area contributed by atoms with E-state index in [1.165, 1.54) is 6.33 Å². The second kappa shape index (κ2) is 3.76. The molecule has 0 aliphatic carbocycles. The van der Waals surface area contributed by atoms with Gasteiger partial charge in [0.2, 0.25) is 0 Å². The number of H-pyrrole nitrogens is 1. The van der Waals surface area contributed by atoms with Crippen molar-refractivity contribution < 1.29 is 4.79 Å². The van der Waals surface area contributed by atoms with Gasteiger partial charge in [0.1, 0.15) is 18.4 Å². The van der Waals surface area contributed by atoms with E-state index in [-0.39, 0.29) is 0 Å². The Hall–Kier alpha value is -1.19. The van der Waals surface area contributed by atoms with Crippen LogP contribution in [-0.4, -0.2) is 21.5 Å². The first-order valence-electron chi connectivity index (χ1n) is 3.21. The van der Waals surface area contributed by atoms with Crippen LogP contribution >= 0.6 is 0 Å². The number of unbranched alkanes of at least 4 members (excludes halogenated alkanes) is 1. The van der Waals surface area contributed by atoms with Gasteiger partial charge >= 0.3 is 0 Å². The Balaban J connectivity index is 2.21. The molecule has 4 heteroatoms. The molecule has 0 saturated carbocycles. The molecular formula is C6H9N3O. The van der Waals surface area contributed by atoms with E-state index in [9.17, 15) is 4.79 Å². The van der Waals surface area contributed by atoms with Crippen LogP contribution in [0.15, 0.2) is 6.33 Å². The molecule has 4 nitrogen and oxygen atoms in total.